The predicted molar refractivity (Wildman–Crippen MR) is 93.3 cm³/mol. The Kier molecular flexibility index (Phi) is 4.90. The Balaban J connectivity index is 1.92. The molecule has 0 bridgehead atoms. The average molecular weight is 350 g/mol. The van der Waals surface area contributed by atoms with Crippen molar-refractivity contribution in [3.05, 3.63) is 69.7 Å². The van der Waals surface area contributed by atoms with E-state index in [2.05, 4.69) is 17.4 Å². The average Bonchev–Trinajstić information content (AvgIpc) is 2.57. The van der Waals surface area contributed by atoms with Gasteiger partial charge in [0, 0.05) is 27.6 Å². The van der Waals surface area contributed by atoms with E-state index in [1.165, 1.54) is 11.1 Å². The highest BCUT2D eigenvalue weighted by Gasteiger charge is 2.37. The fourth-order valence-corrected chi connectivity index (χ4v) is 3.51. The Labute approximate surface area is 145 Å². The first-order valence-electron chi connectivity index (χ1n) is 7.65. The van der Waals surface area contributed by atoms with Gasteiger partial charge in [-0.15, -0.1) is 0 Å². The topological polar surface area (TPSA) is 49.2 Å². The number of halogens is 2. The van der Waals surface area contributed by atoms with Gasteiger partial charge in [0.05, 0.1) is 11.6 Å². The van der Waals surface area contributed by atoms with Crippen LogP contribution in [0.5, 0.6) is 0 Å². The van der Waals surface area contributed by atoms with Crippen molar-refractivity contribution < 1.29 is 10.5 Å². The van der Waals surface area contributed by atoms with E-state index in [4.69, 9.17) is 23.2 Å². The zero-order valence-electron chi connectivity index (χ0n) is 12.8. The van der Waals surface area contributed by atoms with E-state index in [-0.39, 0.29) is 18.0 Å². The molecule has 1 aliphatic rings. The Morgan fingerprint density at radius 2 is 1.48 bits per heavy atom. The number of hydrogen-bond acceptors (Lipinski definition) is 2. The van der Waals surface area contributed by atoms with Crippen LogP contribution in [0.2, 0.25) is 10.0 Å². The van der Waals surface area contributed by atoms with Crippen molar-refractivity contribution in [2.45, 2.75) is 25.4 Å². The van der Waals surface area contributed by atoms with E-state index in [0.29, 0.717) is 0 Å². The Morgan fingerprint density at radius 3 is 2.00 bits per heavy atom. The van der Waals surface area contributed by atoms with E-state index >= 15 is 0 Å². The molecule has 1 aliphatic heterocycles. The molecule has 3 atom stereocenters. The van der Waals surface area contributed by atoms with Gasteiger partial charge in [-0.25, -0.2) is 0 Å². The first-order valence-corrected chi connectivity index (χ1v) is 8.41. The number of oxime groups is 1. The van der Waals surface area contributed by atoms with Gasteiger partial charge in [-0.1, -0.05) is 59.5 Å². The van der Waals surface area contributed by atoms with Gasteiger partial charge in [0.2, 0.25) is 0 Å². The SMILES string of the molecule is C[C@H]1/C(=N/O)C[C@@H](c2ccc(Cl)cc2)[NH2+][C@@H]1c1ccc(Cl)cc1. The third kappa shape index (κ3) is 3.52. The number of hydrogen-bond donors (Lipinski definition) is 2. The first-order chi connectivity index (χ1) is 11.1. The van der Waals surface area contributed by atoms with Crippen LogP contribution in [-0.4, -0.2) is 10.9 Å². The van der Waals surface area contributed by atoms with Gasteiger partial charge in [0.15, 0.2) is 0 Å². The molecular weight excluding hydrogens is 331 g/mol. The second-order valence-electron chi connectivity index (χ2n) is 6.01. The van der Waals surface area contributed by atoms with Crippen molar-refractivity contribution in [2.75, 3.05) is 0 Å². The minimum atomic E-state index is 0.157. The first kappa shape index (κ1) is 16.3. The van der Waals surface area contributed by atoms with Crippen molar-refractivity contribution in [3.63, 3.8) is 0 Å². The standard InChI is InChI=1S/C18H18Cl2N2O/c1-11-16(22-23)10-17(12-2-6-14(19)7-3-12)21-18(11)13-4-8-15(20)9-5-13/h2-9,11,17-18,21,23H,10H2,1H3/p+1/b22-16+/t11-,17-,18-/m0/s1. The fourth-order valence-electron chi connectivity index (χ4n) is 3.26. The lowest BCUT2D eigenvalue weighted by atomic mass is 9.81. The molecule has 3 N–H and O–H groups in total. The van der Waals surface area contributed by atoms with E-state index in [0.717, 1.165) is 22.2 Å². The molecule has 120 valence electrons. The number of nitrogens with two attached hydrogens (primary N) is 1. The minimum absolute atomic E-state index is 0.157. The maximum absolute atomic E-state index is 9.41. The van der Waals surface area contributed by atoms with Crippen LogP contribution in [0.3, 0.4) is 0 Å². The Bertz CT molecular complexity index is 698. The summed E-state index contributed by atoms with van der Waals surface area (Å²) in [4.78, 5) is 0. The number of piperidine rings is 1. The van der Waals surface area contributed by atoms with Crippen LogP contribution in [0.15, 0.2) is 53.7 Å². The van der Waals surface area contributed by atoms with Gasteiger partial charge < -0.3 is 10.5 Å². The molecule has 1 fully saturated rings. The number of quaternary nitrogens is 1. The van der Waals surface area contributed by atoms with E-state index in [9.17, 15) is 5.21 Å². The smallest absolute Gasteiger partial charge is 0.120 e. The van der Waals surface area contributed by atoms with Gasteiger partial charge in [-0.2, -0.15) is 0 Å². The second-order valence-corrected chi connectivity index (χ2v) is 6.88. The molecule has 5 heteroatoms. The Morgan fingerprint density at radius 1 is 0.957 bits per heavy atom. The lowest BCUT2D eigenvalue weighted by molar-refractivity contribution is -0.741. The third-order valence-electron chi connectivity index (χ3n) is 4.61. The molecule has 0 radical (unpaired) electrons. The summed E-state index contributed by atoms with van der Waals surface area (Å²) >= 11 is 12.0. The largest absolute Gasteiger partial charge is 0.411 e. The summed E-state index contributed by atoms with van der Waals surface area (Å²) in [5, 5.41) is 16.8. The Hall–Kier alpha value is -1.55. The fraction of sp³-hybridized carbons (Fsp3) is 0.278. The molecule has 2 aromatic carbocycles. The maximum Gasteiger partial charge on any atom is 0.120 e. The monoisotopic (exact) mass is 349 g/mol. The van der Waals surface area contributed by atoms with Crippen LogP contribution in [0.1, 0.15) is 36.6 Å². The zero-order valence-corrected chi connectivity index (χ0v) is 14.3. The highest BCUT2D eigenvalue weighted by molar-refractivity contribution is 6.30. The lowest BCUT2D eigenvalue weighted by Crippen LogP contribution is -2.90. The summed E-state index contributed by atoms with van der Waals surface area (Å²) in [6.07, 6.45) is 0.726. The molecule has 0 unspecified atom stereocenters. The summed E-state index contributed by atoms with van der Waals surface area (Å²) in [6, 6.07) is 16.1. The zero-order chi connectivity index (χ0) is 16.4. The van der Waals surface area contributed by atoms with Crippen molar-refractivity contribution in [1.82, 2.24) is 0 Å². The van der Waals surface area contributed by atoms with Crippen LogP contribution in [-0.2, 0) is 0 Å². The molecule has 0 aliphatic carbocycles. The summed E-state index contributed by atoms with van der Waals surface area (Å²) in [7, 11) is 0. The third-order valence-corrected chi connectivity index (χ3v) is 5.12. The van der Waals surface area contributed by atoms with Crippen LogP contribution in [0.25, 0.3) is 0 Å². The van der Waals surface area contributed by atoms with Gasteiger partial charge in [-0.3, -0.25) is 0 Å². The highest BCUT2D eigenvalue weighted by atomic mass is 35.5. The number of nitrogens with zero attached hydrogens (tertiary/aromatic N) is 1. The molecule has 1 saturated heterocycles. The lowest BCUT2D eigenvalue weighted by Gasteiger charge is -2.33. The van der Waals surface area contributed by atoms with Gasteiger partial charge in [-0.05, 0) is 24.3 Å². The quantitative estimate of drug-likeness (QED) is 0.619. The summed E-state index contributed by atoms with van der Waals surface area (Å²) in [6.45, 7) is 2.10. The van der Waals surface area contributed by atoms with Crippen LogP contribution in [0, 0.1) is 5.92 Å². The molecule has 3 rings (SSSR count). The molecule has 3 nitrogen and oxygen atoms in total. The van der Waals surface area contributed by atoms with Gasteiger partial charge in [0.1, 0.15) is 12.1 Å². The molecule has 2 aromatic rings. The van der Waals surface area contributed by atoms with E-state index in [1.54, 1.807) is 0 Å². The maximum atomic E-state index is 9.41. The normalized spacial score (nSPS) is 26.4. The van der Waals surface area contributed by atoms with Gasteiger partial charge in [0.25, 0.3) is 0 Å². The molecule has 0 amide bonds. The van der Waals surface area contributed by atoms with Crippen LogP contribution < -0.4 is 5.32 Å². The summed E-state index contributed by atoms with van der Waals surface area (Å²) in [5.74, 6) is 0.157. The number of benzene rings is 2. The van der Waals surface area contributed by atoms with Crippen molar-refractivity contribution >= 4 is 28.9 Å². The van der Waals surface area contributed by atoms with Crippen molar-refractivity contribution in [2.24, 2.45) is 11.1 Å². The molecule has 0 spiro atoms. The van der Waals surface area contributed by atoms with Crippen LogP contribution in [0.4, 0.5) is 0 Å². The summed E-state index contributed by atoms with van der Waals surface area (Å²) < 4.78 is 0. The summed E-state index contributed by atoms with van der Waals surface area (Å²) in [5.41, 5.74) is 3.19. The van der Waals surface area contributed by atoms with Gasteiger partial charge >= 0.3 is 0 Å². The minimum Gasteiger partial charge on any atom is -0.411 e. The molecule has 23 heavy (non-hydrogen) atoms. The molecular formula is C18H19Cl2N2O+. The van der Waals surface area contributed by atoms with Crippen molar-refractivity contribution in [3.8, 4) is 0 Å². The number of rotatable bonds is 2. The molecule has 0 aromatic heterocycles. The molecule has 0 saturated carbocycles. The van der Waals surface area contributed by atoms with E-state index < -0.39 is 0 Å². The van der Waals surface area contributed by atoms with Crippen LogP contribution >= 0.6 is 23.2 Å². The predicted octanol–water partition coefficient (Wildman–Crippen LogP) is 4.21. The van der Waals surface area contributed by atoms with Crippen molar-refractivity contribution in [1.29, 1.82) is 0 Å². The highest BCUT2D eigenvalue weighted by Crippen LogP contribution is 2.30. The second kappa shape index (κ2) is 6.91. The van der Waals surface area contributed by atoms with E-state index in [1.807, 2.05) is 48.5 Å². The molecule has 1 heterocycles.